The third-order valence-electron chi connectivity index (χ3n) is 3.42. The Labute approximate surface area is 142 Å². The second kappa shape index (κ2) is 6.23. The van der Waals surface area contributed by atoms with Crippen molar-refractivity contribution < 1.29 is 14.5 Å². The van der Waals surface area contributed by atoms with Gasteiger partial charge in [-0.05, 0) is 40.5 Å². The molecule has 2 rings (SSSR count). The highest BCUT2D eigenvalue weighted by atomic mass is 127. The zero-order valence-electron chi connectivity index (χ0n) is 12.6. The van der Waals surface area contributed by atoms with E-state index in [4.69, 9.17) is 4.74 Å². The standard InChI is InChI=1S/C15H17IN2O4/c1-15(2)7-9(4-10(19)8-15)17-14-12(16)5-11(22-3)6-13(14)18(20)21/h4-6,17H,7-8H2,1-3H3. The van der Waals surface area contributed by atoms with Gasteiger partial charge < -0.3 is 10.1 Å². The molecule has 7 heteroatoms. The van der Waals surface area contributed by atoms with E-state index in [1.165, 1.54) is 19.3 Å². The number of carbonyl (C=O) groups is 1. The van der Waals surface area contributed by atoms with E-state index >= 15 is 0 Å². The highest BCUT2D eigenvalue weighted by Gasteiger charge is 2.29. The minimum absolute atomic E-state index is 0.0323. The number of benzene rings is 1. The van der Waals surface area contributed by atoms with Gasteiger partial charge in [0.1, 0.15) is 11.4 Å². The number of nitro benzene ring substituents is 1. The Hall–Kier alpha value is -1.64. The zero-order valence-corrected chi connectivity index (χ0v) is 14.8. The van der Waals surface area contributed by atoms with Crippen molar-refractivity contribution in [3.63, 3.8) is 0 Å². The van der Waals surface area contributed by atoms with Gasteiger partial charge in [0.05, 0.1) is 18.1 Å². The molecule has 1 aliphatic carbocycles. The van der Waals surface area contributed by atoms with Crippen LogP contribution in [-0.2, 0) is 4.79 Å². The van der Waals surface area contributed by atoms with Crippen LogP contribution in [0.2, 0.25) is 0 Å². The Morgan fingerprint density at radius 3 is 2.59 bits per heavy atom. The summed E-state index contributed by atoms with van der Waals surface area (Å²) in [6.45, 7) is 4.01. The Morgan fingerprint density at radius 2 is 2.05 bits per heavy atom. The molecular formula is C15H17IN2O4. The summed E-state index contributed by atoms with van der Waals surface area (Å²) in [5.74, 6) is 0.459. The molecular weight excluding hydrogens is 399 g/mol. The number of nitrogens with one attached hydrogen (secondary N) is 1. The third-order valence-corrected chi connectivity index (χ3v) is 4.27. The van der Waals surface area contributed by atoms with E-state index in [0.29, 0.717) is 33.5 Å². The van der Waals surface area contributed by atoms with Gasteiger partial charge in [-0.2, -0.15) is 0 Å². The number of hydrogen-bond donors (Lipinski definition) is 1. The minimum Gasteiger partial charge on any atom is -0.496 e. The molecule has 0 amide bonds. The molecule has 118 valence electrons. The number of methoxy groups -OCH3 is 1. The van der Waals surface area contributed by atoms with Gasteiger partial charge in [-0.3, -0.25) is 14.9 Å². The molecule has 0 saturated carbocycles. The smallest absolute Gasteiger partial charge is 0.297 e. The maximum Gasteiger partial charge on any atom is 0.297 e. The maximum atomic E-state index is 11.8. The number of ketones is 1. The van der Waals surface area contributed by atoms with Crippen LogP contribution in [0.1, 0.15) is 26.7 Å². The number of carbonyl (C=O) groups excluding carboxylic acids is 1. The molecule has 0 unspecified atom stereocenters. The van der Waals surface area contributed by atoms with Crippen LogP contribution in [0.5, 0.6) is 5.75 Å². The van der Waals surface area contributed by atoms with Gasteiger partial charge in [0.25, 0.3) is 5.69 Å². The van der Waals surface area contributed by atoms with Crippen molar-refractivity contribution in [3.05, 3.63) is 37.6 Å². The van der Waals surface area contributed by atoms with Gasteiger partial charge in [0.2, 0.25) is 0 Å². The fraction of sp³-hybridized carbons (Fsp3) is 0.400. The average Bonchev–Trinajstić information content (AvgIpc) is 2.38. The fourth-order valence-corrected chi connectivity index (χ4v) is 3.26. The van der Waals surface area contributed by atoms with E-state index < -0.39 is 4.92 Å². The number of anilines is 1. The molecule has 1 aromatic carbocycles. The molecule has 22 heavy (non-hydrogen) atoms. The van der Waals surface area contributed by atoms with Crippen LogP contribution in [0.15, 0.2) is 23.9 Å². The molecule has 0 spiro atoms. The summed E-state index contributed by atoms with van der Waals surface area (Å²) < 4.78 is 5.74. The van der Waals surface area contributed by atoms with Crippen molar-refractivity contribution in [2.45, 2.75) is 26.7 Å². The summed E-state index contributed by atoms with van der Waals surface area (Å²) >= 11 is 2.02. The van der Waals surface area contributed by atoms with Crippen LogP contribution in [-0.4, -0.2) is 17.8 Å². The lowest BCUT2D eigenvalue weighted by Gasteiger charge is -2.29. The number of nitro groups is 1. The zero-order chi connectivity index (χ0) is 16.5. The average molecular weight is 416 g/mol. The van der Waals surface area contributed by atoms with Gasteiger partial charge in [0, 0.05) is 21.8 Å². The Balaban J connectivity index is 2.41. The van der Waals surface area contributed by atoms with Crippen LogP contribution >= 0.6 is 22.6 Å². The van der Waals surface area contributed by atoms with Gasteiger partial charge in [-0.25, -0.2) is 0 Å². The van der Waals surface area contributed by atoms with E-state index in [2.05, 4.69) is 5.32 Å². The first-order valence-electron chi connectivity index (χ1n) is 6.74. The summed E-state index contributed by atoms with van der Waals surface area (Å²) in [6, 6.07) is 3.09. The predicted octanol–water partition coefficient (Wildman–Crippen LogP) is 3.89. The molecule has 0 heterocycles. The topological polar surface area (TPSA) is 81.5 Å². The molecule has 0 aliphatic heterocycles. The number of rotatable bonds is 4. The second-order valence-corrected chi connectivity index (χ2v) is 7.20. The molecule has 0 aromatic heterocycles. The molecule has 0 bridgehead atoms. The van der Waals surface area contributed by atoms with E-state index in [9.17, 15) is 14.9 Å². The predicted molar refractivity (Wildman–Crippen MR) is 92.1 cm³/mol. The molecule has 0 fully saturated rings. The van der Waals surface area contributed by atoms with Crippen molar-refractivity contribution in [2.24, 2.45) is 5.41 Å². The number of halogens is 1. The minimum atomic E-state index is -0.455. The lowest BCUT2D eigenvalue weighted by Crippen LogP contribution is -2.24. The first-order chi connectivity index (χ1) is 10.2. The van der Waals surface area contributed by atoms with Crippen LogP contribution in [0.25, 0.3) is 0 Å². The fourth-order valence-electron chi connectivity index (χ4n) is 2.54. The van der Waals surface area contributed by atoms with Gasteiger partial charge in [-0.1, -0.05) is 13.8 Å². The van der Waals surface area contributed by atoms with Crippen molar-refractivity contribution in [3.8, 4) is 5.75 Å². The Bertz CT molecular complexity index is 668. The molecule has 0 atom stereocenters. The van der Waals surface area contributed by atoms with Crippen LogP contribution < -0.4 is 10.1 Å². The quantitative estimate of drug-likeness (QED) is 0.458. The van der Waals surface area contributed by atoms with E-state index in [1.54, 1.807) is 6.07 Å². The lowest BCUT2D eigenvalue weighted by molar-refractivity contribution is -0.384. The lowest BCUT2D eigenvalue weighted by atomic mass is 9.79. The first kappa shape index (κ1) is 16.7. The summed E-state index contributed by atoms with van der Waals surface area (Å²) in [5, 5.41) is 14.4. The number of nitrogens with zero attached hydrogens (tertiary/aromatic N) is 1. The molecule has 6 nitrogen and oxygen atoms in total. The molecule has 0 radical (unpaired) electrons. The van der Waals surface area contributed by atoms with Crippen molar-refractivity contribution in [1.82, 2.24) is 0 Å². The molecule has 1 aromatic rings. The first-order valence-corrected chi connectivity index (χ1v) is 7.82. The maximum absolute atomic E-state index is 11.8. The van der Waals surface area contributed by atoms with E-state index in [1.807, 2.05) is 36.4 Å². The van der Waals surface area contributed by atoms with Crippen LogP contribution in [0, 0.1) is 19.1 Å². The van der Waals surface area contributed by atoms with E-state index in [-0.39, 0.29) is 16.9 Å². The number of allylic oxidation sites excluding steroid dienone is 2. The van der Waals surface area contributed by atoms with Gasteiger partial charge in [-0.15, -0.1) is 0 Å². The molecule has 1 N–H and O–H groups in total. The third kappa shape index (κ3) is 3.76. The van der Waals surface area contributed by atoms with Crippen molar-refractivity contribution in [1.29, 1.82) is 0 Å². The summed E-state index contributed by atoms with van der Waals surface area (Å²) in [6.07, 6.45) is 2.69. The second-order valence-electron chi connectivity index (χ2n) is 6.04. The Kier molecular flexibility index (Phi) is 4.74. The van der Waals surface area contributed by atoms with E-state index in [0.717, 1.165) is 0 Å². The van der Waals surface area contributed by atoms with Crippen LogP contribution in [0.4, 0.5) is 11.4 Å². The highest BCUT2D eigenvalue weighted by molar-refractivity contribution is 14.1. The number of ether oxygens (including phenoxy) is 1. The highest BCUT2D eigenvalue weighted by Crippen LogP contribution is 2.38. The van der Waals surface area contributed by atoms with Crippen molar-refractivity contribution >= 4 is 39.7 Å². The van der Waals surface area contributed by atoms with Crippen molar-refractivity contribution in [2.75, 3.05) is 12.4 Å². The largest absolute Gasteiger partial charge is 0.496 e. The molecule has 0 saturated heterocycles. The normalized spacial score (nSPS) is 16.9. The summed E-state index contributed by atoms with van der Waals surface area (Å²) in [4.78, 5) is 22.7. The van der Waals surface area contributed by atoms with Crippen LogP contribution in [0.3, 0.4) is 0 Å². The monoisotopic (exact) mass is 416 g/mol. The summed E-state index contributed by atoms with van der Waals surface area (Å²) in [5.41, 5.74) is 0.872. The SMILES string of the molecule is COc1cc(I)c(NC2=CC(=O)CC(C)(C)C2)c([N+](=O)[O-])c1. The van der Waals surface area contributed by atoms with Gasteiger partial charge >= 0.3 is 0 Å². The molecule has 1 aliphatic rings. The number of hydrogen-bond acceptors (Lipinski definition) is 5. The Morgan fingerprint density at radius 1 is 1.36 bits per heavy atom. The van der Waals surface area contributed by atoms with Gasteiger partial charge in [0.15, 0.2) is 5.78 Å². The summed E-state index contributed by atoms with van der Waals surface area (Å²) in [7, 11) is 1.47.